The molecule has 4 heteroatoms. The molecule has 2 nitrogen and oxygen atoms in total. The van der Waals surface area contributed by atoms with Crippen LogP contribution in [0.2, 0.25) is 0 Å². The average molecular weight is 256 g/mol. The van der Waals surface area contributed by atoms with Gasteiger partial charge in [0.15, 0.2) is 9.84 Å². The standard InChI is InChI=1S/C12H16O2S2/c1-9-4-6-11(7-5-9)16(13,14)12(15-3)8-10(12)2/h4-7,10H,8H2,1-3H3/t10-,12-/m0/s1. The number of hydrogen-bond acceptors (Lipinski definition) is 3. The van der Waals surface area contributed by atoms with Crippen LogP contribution >= 0.6 is 11.8 Å². The molecule has 0 radical (unpaired) electrons. The van der Waals surface area contributed by atoms with E-state index in [-0.39, 0.29) is 5.92 Å². The third-order valence-corrected chi connectivity index (χ3v) is 8.10. The Balaban J connectivity index is 2.44. The van der Waals surface area contributed by atoms with Gasteiger partial charge in [0.2, 0.25) is 0 Å². The summed E-state index contributed by atoms with van der Waals surface area (Å²) in [6.45, 7) is 3.96. The predicted octanol–water partition coefficient (Wildman–Crippen LogP) is 2.87. The molecule has 1 fully saturated rings. The molecule has 0 bridgehead atoms. The summed E-state index contributed by atoms with van der Waals surface area (Å²) in [6, 6.07) is 7.14. The summed E-state index contributed by atoms with van der Waals surface area (Å²) < 4.78 is 24.3. The van der Waals surface area contributed by atoms with Crippen LogP contribution in [0.5, 0.6) is 0 Å². The first-order valence-electron chi connectivity index (χ1n) is 5.30. The summed E-state index contributed by atoms with van der Waals surface area (Å²) in [6.07, 6.45) is 2.65. The molecule has 2 atom stereocenters. The van der Waals surface area contributed by atoms with Gasteiger partial charge >= 0.3 is 0 Å². The van der Waals surface area contributed by atoms with Gasteiger partial charge in [-0.15, -0.1) is 11.8 Å². The highest BCUT2D eigenvalue weighted by molar-refractivity contribution is 8.14. The van der Waals surface area contributed by atoms with E-state index in [0.717, 1.165) is 12.0 Å². The molecule has 0 N–H and O–H groups in total. The zero-order valence-corrected chi connectivity index (χ0v) is 11.4. The molecule has 0 heterocycles. The molecule has 0 aromatic heterocycles. The molecular formula is C12H16O2S2. The summed E-state index contributed by atoms with van der Waals surface area (Å²) >= 11 is 1.46. The first kappa shape index (κ1) is 12.0. The molecule has 1 saturated carbocycles. The third kappa shape index (κ3) is 1.59. The first-order chi connectivity index (χ1) is 7.44. The Kier molecular flexibility index (Phi) is 2.83. The predicted molar refractivity (Wildman–Crippen MR) is 68.4 cm³/mol. The molecule has 1 aromatic carbocycles. The fraction of sp³-hybridized carbons (Fsp3) is 0.500. The van der Waals surface area contributed by atoms with E-state index in [1.54, 1.807) is 12.1 Å². The maximum atomic E-state index is 12.4. The lowest BCUT2D eigenvalue weighted by Gasteiger charge is -2.15. The van der Waals surface area contributed by atoms with Crippen molar-refractivity contribution in [1.82, 2.24) is 0 Å². The molecule has 16 heavy (non-hydrogen) atoms. The van der Waals surface area contributed by atoms with Crippen molar-refractivity contribution in [2.45, 2.75) is 29.2 Å². The van der Waals surface area contributed by atoms with Crippen LogP contribution in [0.3, 0.4) is 0 Å². The lowest BCUT2D eigenvalue weighted by Crippen LogP contribution is -2.21. The van der Waals surface area contributed by atoms with Crippen molar-refractivity contribution in [3.05, 3.63) is 29.8 Å². The van der Waals surface area contributed by atoms with Gasteiger partial charge in [-0.1, -0.05) is 24.6 Å². The van der Waals surface area contributed by atoms with E-state index in [2.05, 4.69) is 0 Å². The summed E-state index contributed by atoms with van der Waals surface area (Å²) in [7, 11) is -3.18. The number of sulfone groups is 1. The maximum absolute atomic E-state index is 12.4. The smallest absolute Gasteiger partial charge is 0.193 e. The fourth-order valence-corrected chi connectivity index (χ4v) is 5.93. The molecule has 0 amide bonds. The van der Waals surface area contributed by atoms with Gasteiger partial charge in [0.05, 0.1) is 4.90 Å². The zero-order chi connectivity index (χ0) is 12.0. The van der Waals surface area contributed by atoms with Crippen LogP contribution < -0.4 is 0 Å². The van der Waals surface area contributed by atoms with Gasteiger partial charge in [-0.2, -0.15) is 0 Å². The Morgan fingerprint density at radius 3 is 2.19 bits per heavy atom. The molecule has 0 aliphatic heterocycles. The van der Waals surface area contributed by atoms with E-state index in [1.807, 2.05) is 32.2 Å². The molecule has 0 spiro atoms. The second-order valence-corrected chi connectivity index (χ2v) is 8.04. The summed E-state index contributed by atoms with van der Waals surface area (Å²) in [4.78, 5) is 0.455. The fourth-order valence-electron chi connectivity index (χ4n) is 2.05. The molecule has 0 unspecified atom stereocenters. The van der Waals surface area contributed by atoms with E-state index < -0.39 is 13.9 Å². The first-order valence-corrected chi connectivity index (χ1v) is 8.01. The molecular weight excluding hydrogens is 240 g/mol. The summed E-state index contributed by atoms with van der Waals surface area (Å²) in [5, 5.41) is 0. The van der Waals surface area contributed by atoms with Gasteiger partial charge in [-0.25, -0.2) is 8.42 Å². The second-order valence-electron chi connectivity index (χ2n) is 4.44. The normalized spacial score (nSPS) is 29.1. The highest BCUT2D eigenvalue weighted by atomic mass is 32.3. The number of aryl methyl sites for hydroxylation is 1. The van der Waals surface area contributed by atoms with Gasteiger partial charge in [-0.3, -0.25) is 0 Å². The largest absolute Gasteiger partial charge is 0.222 e. The van der Waals surface area contributed by atoms with Gasteiger partial charge < -0.3 is 0 Å². The van der Waals surface area contributed by atoms with Crippen LogP contribution in [0, 0.1) is 12.8 Å². The maximum Gasteiger partial charge on any atom is 0.193 e. The Morgan fingerprint density at radius 1 is 1.31 bits per heavy atom. The van der Waals surface area contributed by atoms with Crippen molar-refractivity contribution in [3.8, 4) is 0 Å². The summed E-state index contributed by atoms with van der Waals surface area (Å²) in [5.41, 5.74) is 1.08. The highest BCUT2D eigenvalue weighted by Gasteiger charge is 2.61. The Morgan fingerprint density at radius 2 is 1.81 bits per heavy atom. The van der Waals surface area contributed by atoms with Crippen LogP contribution in [-0.4, -0.2) is 18.8 Å². The van der Waals surface area contributed by atoms with E-state index in [0.29, 0.717) is 4.90 Å². The average Bonchev–Trinajstić information content (AvgIpc) is 2.92. The number of rotatable bonds is 3. The van der Waals surface area contributed by atoms with E-state index >= 15 is 0 Å². The topological polar surface area (TPSA) is 34.1 Å². The number of thioether (sulfide) groups is 1. The van der Waals surface area contributed by atoms with Gasteiger partial charge in [0, 0.05) is 0 Å². The quantitative estimate of drug-likeness (QED) is 0.834. The molecule has 2 rings (SSSR count). The van der Waals surface area contributed by atoms with E-state index in [9.17, 15) is 8.42 Å². The van der Waals surface area contributed by atoms with Gasteiger partial charge in [-0.05, 0) is 37.7 Å². The van der Waals surface area contributed by atoms with Crippen molar-refractivity contribution < 1.29 is 8.42 Å². The van der Waals surface area contributed by atoms with Crippen molar-refractivity contribution in [3.63, 3.8) is 0 Å². The molecule has 88 valence electrons. The summed E-state index contributed by atoms with van der Waals surface area (Å²) in [5.74, 6) is 0.258. The minimum Gasteiger partial charge on any atom is -0.222 e. The molecule has 0 saturated heterocycles. The molecule has 1 aliphatic rings. The SMILES string of the molecule is CS[C@]1(S(=O)(=O)c2ccc(C)cc2)C[C@@H]1C. The molecule has 1 aromatic rings. The molecule has 1 aliphatic carbocycles. The van der Waals surface area contributed by atoms with Crippen molar-refractivity contribution in [2.75, 3.05) is 6.26 Å². The Hall–Kier alpha value is -0.480. The van der Waals surface area contributed by atoms with Crippen LogP contribution in [0.4, 0.5) is 0 Å². The monoisotopic (exact) mass is 256 g/mol. The highest BCUT2D eigenvalue weighted by Crippen LogP contribution is 2.58. The lowest BCUT2D eigenvalue weighted by atomic mass is 10.2. The van der Waals surface area contributed by atoms with Crippen LogP contribution in [0.25, 0.3) is 0 Å². The van der Waals surface area contributed by atoms with Crippen molar-refractivity contribution >= 4 is 21.6 Å². The van der Waals surface area contributed by atoms with E-state index in [1.165, 1.54) is 11.8 Å². The van der Waals surface area contributed by atoms with Crippen molar-refractivity contribution in [1.29, 1.82) is 0 Å². The van der Waals surface area contributed by atoms with Crippen LogP contribution in [-0.2, 0) is 9.84 Å². The van der Waals surface area contributed by atoms with Crippen molar-refractivity contribution in [2.24, 2.45) is 5.92 Å². The van der Waals surface area contributed by atoms with Crippen LogP contribution in [0.15, 0.2) is 29.2 Å². The van der Waals surface area contributed by atoms with Crippen LogP contribution in [0.1, 0.15) is 18.9 Å². The zero-order valence-electron chi connectivity index (χ0n) is 9.73. The number of benzene rings is 1. The van der Waals surface area contributed by atoms with Gasteiger partial charge in [0.1, 0.15) is 4.08 Å². The number of hydrogen-bond donors (Lipinski definition) is 0. The minimum absolute atomic E-state index is 0.258. The third-order valence-electron chi connectivity index (χ3n) is 3.31. The second kappa shape index (κ2) is 3.77. The van der Waals surface area contributed by atoms with E-state index in [4.69, 9.17) is 0 Å². The lowest BCUT2D eigenvalue weighted by molar-refractivity contribution is 0.589. The Bertz CT molecular complexity index is 486. The minimum atomic E-state index is -3.18. The Labute approximate surface area is 101 Å². The van der Waals surface area contributed by atoms with Gasteiger partial charge in [0.25, 0.3) is 0 Å².